The fourth-order valence-electron chi connectivity index (χ4n) is 1.66. The number of hydrogen-bond acceptors (Lipinski definition) is 4. The number of benzene rings is 1. The number of rotatable bonds is 7. The average molecular weight is 301 g/mol. The van der Waals surface area contributed by atoms with Crippen LogP contribution in [-0.4, -0.2) is 48.7 Å². The molecule has 116 valence electrons. The van der Waals surface area contributed by atoms with Crippen LogP contribution in [0.5, 0.6) is 0 Å². The van der Waals surface area contributed by atoms with Crippen LogP contribution in [0.15, 0.2) is 23.4 Å². The molecule has 0 spiro atoms. The summed E-state index contributed by atoms with van der Waals surface area (Å²) in [5, 5.41) is 11.3. The van der Waals surface area contributed by atoms with Crippen LogP contribution in [0.4, 0.5) is 8.78 Å². The molecule has 0 fully saturated rings. The highest BCUT2D eigenvalue weighted by Gasteiger charge is 2.21. The molecule has 3 N–H and O–H groups in total. The van der Waals surface area contributed by atoms with Crippen LogP contribution in [0.2, 0.25) is 0 Å². The van der Waals surface area contributed by atoms with E-state index in [1.807, 2.05) is 0 Å². The summed E-state index contributed by atoms with van der Waals surface area (Å²) in [5.74, 6) is -3.04. The molecule has 0 bridgehead atoms. The van der Waals surface area contributed by atoms with Gasteiger partial charge in [0.1, 0.15) is 5.84 Å². The Morgan fingerprint density at radius 2 is 2.14 bits per heavy atom. The third-order valence-electron chi connectivity index (χ3n) is 2.80. The van der Waals surface area contributed by atoms with Gasteiger partial charge in [-0.3, -0.25) is 4.79 Å². The normalized spacial score (nSPS) is 11.5. The zero-order valence-corrected chi connectivity index (χ0v) is 11.6. The summed E-state index contributed by atoms with van der Waals surface area (Å²) in [5.41, 5.74) is 4.97. The number of nitrogens with two attached hydrogens (primary N) is 1. The predicted molar refractivity (Wildman–Crippen MR) is 72.2 cm³/mol. The molecule has 0 aliphatic rings. The molecule has 21 heavy (non-hydrogen) atoms. The molecule has 0 unspecified atom stereocenters. The fraction of sp³-hybridized carbons (Fsp3) is 0.385. The van der Waals surface area contributed by atoms with Gasteiger partial charge in [0, 0.05) is 26.6 Å². The summed E-state index contributed by atoms with van der Waals surface area (Å²) in [7, 11) is 1.45. The monoisotopic (exact) mass is 301 g/mol. The van der Waals surface area contributed by atoms with E-state index in [4.69, 9.17) is 15.7 Å². The van der Waals surface area contributed by atoms with E-state index >= 15 is 0 Å². The van der Waals surface area contributed by atoms with Crippen molar-refractivity contribution in [2.45, 2.75) is 6.42 Å². The SMILES string of the molecule is COCCN(CCC(N)=NO)C(=O)c1cccc(F)c1F. The van der Waals surface area contributed by atoms with Gasteiger partial charge < -0.3 is 20.6 Å². The quantitative estimate of drug-likeness (QED) is 0.343. The second-order valence-corrected chi connectivity index (χ2v) is 4.23. The van der Waals surface area contributed by atoms with E-state index in [-0.39, 0.29) is 37.5 Å². The Morgan fingerprint density at radius 1 is 1.43 bits per heavy atom. The second-order valence-electron chi connectivity index (χ2n) is 4.23. The topological polar surface area (TPSA) is 88.2 Å². The third kappa shape index (κ3) is 4.67. The van der Waals surface area contributed by atoms with Gasteiger partial charge in [-0.2, -0.15) is 0 Å². The molecule has 8 heteroatoms. The van der Waals surface area contributed by atoms with Gasteiger partial charge in [-0.1, -0.05) is 11.2 Å². The summed E-state index contributed by atoms with van der Waals surface area (Å²) >= 11 is 0. The van der Waals surface area contributed by atoms with Crippen molar-refractivity contribution in [2.75, 3.05) is 26.8 Å². The molecule has 0 aromatic heterocycles. The number of amides is 1. The smallest absolute Gasteiger partial charge is 0.257 e. The van der Waals surface area contributed by atoms with Crippen molar-refractivity contribution in [3.05, 3.63) is 35.4 Å². The molecule has 0 aliphatic carbocycles. The summed E-state index contributed by atoms with van der Waals surface area (Å²) in [6.45, 7) is 0.483. The molecule has 0 aliphatic heterocycles. The first kappa shape index (κ1) is 16.8. The van der Waals surface area contributed by atoms with Crippen molar-refractivity contribution in [1.82, 2.24) is 4.90 Å². The number of amidine groups is 1. The zero-order chi connectivity index (χ0) is 15.8. The number of ether oxygens (including phenoxy) is 1. The Balaban J connectivity index is 2.90. The van der Waals surface area contributed by atoms with Crippen molar-refractivity contribution in [2.24, 2.45) is 10.9 Å². The Hall–Kier alpha value is -2.22. The van der Waals surface area contributed by atoms with Crippen LogP contribution in [0.1, 0.15) is 16.8 Å². The molecule has 1 rings (SSSR count). The van der Waals surface area contributed by atoms with Gasteiger partial charge in [0.2, 0.25) is 0 Å². The number of nitrogens with zero attached hydrogens (tertiary/aromatic N) is 2. The minimum absolute atomic E-state index is 0.0649. The lowest BCUT2D eigenvalue weighted by molar-refractivity contribution is 0.0695. The Kier molecular flexibility index (Phi) is 6.54. The van der Waals surface area contributed by atoms with Crippen LogP contribution < -0.4 is 5.73 Å². The lowest BCUT2D eigenvalue weighted by Crippen LogP contribution is -2.37. The summed E-state index contributed by atoms with van der Waals surface area (Å²) < 4.78 is 31.7. The highest BCUT2D eigenvalue weighted by atomic mass is 19.2. The first-order valence-corrected chi connectivity index (χ1v) is 6.19. The van der Waals surface area contributed by atoms with Crippen molar-refractivity contribution >= 4 is 11.7 Å². The highest BCUT2D eigenvalue weighted by Crippen LogP contribution is 2.14. The standard InChI is InChI=1S/C13H17F2N3O3/c1-21-8-7-18(6-5-11(16)17-20)13(19)9-3-2-4-10(14)12(9)15/h2-4,20H,5-8H2,1H3,(H2,16,17). The van der Waals surface area contributed by atoms with Crippen molar-refractivity contribution in [3.8, 4) is 0 Å². The Labute approximate surface area is 120 Å². The molecular weight excluding hydrogens is 284 g/mol. The minimum Gasteiger partial charge on any atom is -0.409 e. The third-order valence-corrected chi connectivity index (χ3v) is 2.80. The van der Waals surface area contributed by atoms with Crippen molar-refractivity contribution in [1.29, 1.82) is 0 Å². The van der Waals surface area contributed by atoms with Crippen LogP contribution in [0.25, 0.3) is 0 Å². The lowest BCUT2D eigenvalue weighted by Gasteiger charge is -2.22. The summed E-state index contributed by atoms with van der Waals surface area (Å²) in [6, 6.07) is 3.38. The number of halogens is 2. The Morgan fingerprint density at radius 3 is 2.76 bits per heavy atom. The second kappa shape index (κ2) is 8.15. The molecule has 0 atom stereocenters. The van der Waals surface area contributed by atoms with Crippen LogP contribution in [-0.2, 0) is 4.74 Å². The number of methoxy groups -OCH3 is 1. The maximum absolute atomic E-state index is 13.7. The van der Waals surface area contributed by atoms with Gasteiger partial charge in [-0.15, -0.1) is 0 Å². The Bertz CT molecular complexity index is 523. The van der Waals surface area contributed by atoms with E-state index in [9.17, 15) is 13.6 Å². The van der Waals surface area contributed by atoms with E-state index < -0.39 is 17.5 Å². The zero-order valence-electron chi connectivity index (χ0n) is 11.6. The van der Waals surface area contributed by atoms with Gasteiger partial charge in [-0.05, 0) is 12.1 Å². The summed E-state index contributed by atoms with van der Waals surface area (Å²) in [6.07, 6.45) is 0.100. The molecular formula is C13H17F2N3O3. The van der Waals surface area contributed by atoms with Gasteiger partial charge in [0.25, 0.3) is 5.91 Å². The molecule has 0 saturated carbocycles. The molecule has 1 aromatic carbocycles. The number of hydrogen-bond donors (Lipinski definition) is 2. The molecule has 6 nitrogen and oxygen atoms in total. The molecule has 0 heterocycles. The molecule has 0 saturated heterocycles. The fourth-order valence-corrected chi connectivity index (χ4v) is 1.66. The van der Waals surface area contributed by atoms with Gasteiger partial charge in [0.15, 0.2) is 11.6 Å². The number of carbonyl (C=O) groups excluding carboxylic acids is 1. The predicted octanol–water partition coefficient (Wildman–Crippen LogP) is 1.19. The number of carbonyl (C=O) groups is 1. The van der Waals surface area contributed by atoms with E-state index in [1.165, 1.54) is 24.1 Å². The summed E-state index contributed by atoms with van der Waals surface area (Å²) in [4.78, 5) is 13.5. The largest absolute Gasteiger partial charge is 0.409 e. The van der Waals surface area contributed by atoms with E-state index in [0.29, 0.717) is 0 Å². The van der Waals surface area contributed by atoms with Crippen molar-refractivity contribution < 1.29 is 23.5 Å². The van der Waals surface area contributed by atoms with Crippen molar-refractivity contribution in [3.63, 3.8) is 0 Å². The van der Waals surface area contributed by atoms with E-state index in [2.05, 4.69) is 5.16 Å². The van der Waals surface area contributed by atoms with Gasteiger partial charge in [0.05, 0.1) is 12.2 Å². The molecule has 1 aromatic rings. The maximum Gasteiger partial charge on any atom is 0.257 e. The highest BCUT2D eigenvalue weighted by molar-refractivity contribution is 5.94. The maximum atomic E-state index is 13.7. The van der Waals surface area contributed by atoms with Gasteiger partial charge in [-0.25, -0.2) is 8.78 Å². The molecule has 1 amide bonds. The first-order chi connectivity index (χ1) is 10.0. The minimum atomic E-state index is -1.20. The van der Waals surface area contributed by atoms with Gasteiger partial charge >= 0.3 is 0 Å². The average Bonchev–Trinajstić information content (AvgIpc) is 2.49. The first-order valence-electron chi connectivity index (χ1n) is 6.19. The lowest BCUT2D eigenvalue weighted by atomic mass is 10.1. The van der Waals surface area contributed by atoms with Crippen LogP contribution in [0, 0.1) is 11.6 Å². The number of oxime groups is 1. The van der Waals surface area contributed by atoms with Crippen LogP contribution in [0.3, 0.4) is 0 Å². The van der Waals surface area contributed by atoms with E-state index in [0.717, 1.165) is 6.07 Å². The van der Waals surface area contributed by atoms with E-state index in [1.54, 1.807) is 0 Å². The molecule has 0 radical (unpaired) electrons. The van der Waals surface area contributed by atoms with Crippen LogP contribution >= 0.6 is 0 Å².